The Morgan fingerprint density at radius 1 is 0.875 bits per heavy atom. The third-order valence-electron chi connectivity index (χ3n) is 1.96. The van der Waals surface area contributed by atoms with E-state index in [2.05, 4.69) is 59.0 Å². The normalized spacial score (nSPS) is 15.2. The summed E-state index contributed by atoms with van der Waals surface area (Å²) in [6, 6.07) is 0. The maximum atomic E-state index is 9.87. The van der Waals surface area contributed by atoms with Crippen LogP contribution in [-0.2, 0) is 31.0 Å². The van der Waals surface area contributed by atoms with E-state index < -0.39 is 7.81 Å². The van der Waals surface area contributed by atoms with Gasteiger partial charge >= 0.3 is 66.9 Å². The van der Waals surface area contributed by atoms with Crippen LogP contribution in [0.25, 0.3) is 0 Å². The third-order valence-corrected chi connectivity index (χ3v) is 1.96. The summed E-state index contributed by atoms with van der Waals surface area (Å²) in [5.74, 6) is 2.26. The van der Waals surface area contributed by atoms with Gasteiger partial charge in [0, 0.05) is 23.0 Å². The fourth-order valence-electron chi connectivity index (χ4n) is 1.08. The molecule has 141 valence electrons. The number of halogens is 6. The molecule has 0 heterocycles. The van der Waals surface area contributed by atoms with E-state index in [-0.39, 0.29) is 17.1 Å². The standard InChI is InChI=1S/C10H15.3CO.F6P.Fe/c1-8(2)10-6-4-9(3)5-7-10;3*1-2;1-7(2,3,4,5)6;/h4-6,8H,7H2,1-3H3;;;;;/q;;;;-1;. The first-order valence-corrected chi connectivity index (χ1v) is 7.56. The van der Waals surface area contributed by atoms with Gasteiger partial charge in [0.15, 0.2) is 0 Å². The molecule has 0 unspecified atom stereocenters. The van der Waals surface area contributed by atoms with Crippen LogP contribution in [0.5, 0.6) is 0 Å². The predicted molar refractivity (Wildman–Crippen MR) is 71.0 cm³/mol. The molecule has 11 heteroatoms. The van der Waals surface area contributed by atoms with Gasteiger partial charge in [0.25, 0.3) is 0 Å². The zero-order chi connectivity index (χ0) is 20.0. The van der Waals surface area contributed by atoms with Crippen molar-refractivity contribution in [2.45, 2.75) is 27.2 Å². The predicted octanol–water partition coefficient (Wildman–Crippen LogP) is 6.39. The van der Waals surface area contributed by atoms with Crippen molar-refractivity contribution in [3.05, 3.63) is 49.7 Å². The van der Waals surface area contributed by atoms with Crippen LogP contribution in [0.1, 0.15) is 27.2 Å². The Kier molecular flexibility index (Phi) is 19.4. The number of allylic oxidation sites excluding steroid dienone is 4. The smallest absolute Gasteiger partial charge is 0 e. The minimum atomic E-state index is -10.7. The first-order valence-electron chi connectivity index (χ1n) is 5.53. The van der Waals surface area contributed by atoms with Crippen molar-refractivity contribution in [1.29, 1.82) is 0 Å². The first kappa shape index (κ1) is 34.5. The average Bonchev–Trinajstić information content (AvgIpc) is 2.42. The van der Waals surface area contributed by atoms with Crippen LogP contribution >= 0.6 is 7.81 Å². The van der Waals surface area contributed by atoms with Gasteiger partial charge in [-0.15, -0.1) is 0 Å². The molecule has 0 fully saturated rings. The van der Waals surface area contributed by atoms with E-state index in [0.717, 1.165) is 6.42 Å². The van der Waals surface area contributed by atoms with Gasteiger partial charge in [-0.1, -0.05) is 37.6 Å². The van der Waals surface area contributed by atoms with Crippen LogP contribution in [0.15, 0.2) is 23.8 Å². The quantitative estimate of drug-likeness (QED) is 0.155. The van der Waals surface area contributed by atoms with Crippen LogP contribution < -0.4 is 0 Å². The maximum absolute atomic E-state index is 10.7. The molecule has 1 aliphatic carbocycles. The summed E-state index contributed by atoms with van der Waals surface area (Å²) in [5.41, 5.74) is 1.39. The van der Waals surface area contributed by atoms with Gasteiger partial charge in [-0.05, 0) is 19.3 Å². The zero-order valence-electron chi connectivity index (χ0n) is 12.8. The molecule has 0 aromatic carbocycles. The minimum Gasteiger partial charge on any atom is 0 e. The van der Waals surface area contributed by atoms with E-state index >= 15 is 0 Å². The fourth-order valence-corrected chi connectivity index (χ4v) is 1.08. The Morgan fingerprint density at radius 2 is 1.17 bits per heavy atom. The summed E-state index contributed by atoms with van der Waals surface area (Å²) in [6.45, 7) is 20.1. The molecular weight excluding hydrogens is 405 g/mol. The molecule has 0 bridgehead atoms. The van der Waals surface area contributed by atoms with Crippen molar-refractivity contribution in [3.8, 4) is 0 Å². The number of rotatable bonds is 1. The van der Waals surface area contributed by atoms with Crippen molar-refractivity contribution in [1.82, 2.24) is 0 Å². The van der Waals surface area contributed by atoms with Crippen molar-refractivity contribution in [2.75, 3.05) is 0 Å². The molecule has 0 amide bonds. The van der Waals surface area contributed by atoms with E-state index in [4.69, 9.17) is 14.0 Å². The fraction of sp³-hybridized carbons (Fsp3) is 0.385. The molecule has 1 radical (unpaired) electrons. The monoisotopic (exact) mass is 420 g/mol. The topological polar surface area (TPSA) is 59.7 Å². The Balaban J connectivity index is -0.0000000762. The van der Waals surface area contributed by atoms with E-state index in [9.17, 15) is 25.2 Å². The van der Waals surface area contributed by atoms with Crippen LogP contribution in [-0.4, -0.2) is 0 Å². The summed E-state index contributed by atoms with van der Waals surface area (Å²) in [7, 11) is -10.7. The van der Waals surface area contributed by atoms with Gasteiger partial charge in [0.2, 0.25) is 0 Å². The molecule has 0 aromatic rings. The van der Waals surface area contributed by atoms with Gasteiger partial charge in [-0.2, -0.15) is 0 Å². The van der Waals surface area contributed by atoms with E-state index in [1.54, 1.807) is 5.92 Å². The molecule has 0 aromatic heterocycles. The molecular formula is C13H15F6FeO3P-. The molecule has 3 nitrogen and oxygen atoms in total. The van der Waals surface area contributed by atoms with Crippen LogP contribution in [0.3, 0.4) is 0 Å². The SMILES string of the molecule is CC1=CC[C](C(C)C)C=C1.F[P-](F)(F)(F)(F)F.[C-]#[O+].[C-]#[O+].[C-]#[O+].[Fe]. The van der Waals surface area contributed by atoms with Gasteiger partial charge in [0.05, 0.1) is 0 Å². The van der Waals surface area contributed by atoms with Crippen LogP contribution in [0, 0.1) is 31.8 Å². The second-order valence-electron chi connectivity index (χ2n) is 4.17. The van der Waals surface area contributed by atoms with Crippen LogP contribution in [0.2, 0.25) is 0 Å². The zero-order valence-corrected chi connectivity index (χ0v) is 14.8. The molecule has 24 heavy (non-hydrogen) atoms. The van der Waals surface area contributed by atoms with E-state index in [1.165, 1.54) is 5.57 Å². The van der Waals surface area contributed by atoms with E-state index in [0.29, 0.717) is 5.92 Å². The van der Waals surface area contributed by atoms with Gasteiger partial charge < -0.3 is 0 Å². The second-order valence-corrected chi connectivity index (χ2v) is 6.09. The molecule has 1 aliphatic rings. The molecule has 0 saturated carbocycles. The summed E-state index contributed by atoms with van der Waals surface area (Å²) in [6.07, 6.45) is 7.88. The Hall–Kier alpha value is -0.771. The largest absolute Gasteiger partial charge is 0 e. The summed E-state index contributed by atoms with van der Waals surface area (Å²) in [4.78, 5) is 0. The molecule has 0 spiro atoms. The van der Waals surface area contributed by atoms with Gasteiger partial charge in [-0.3, -0.25) is 0 Å². The number of hydrogen-bond acceptors (Lipinski definition) is 0. The summed E-state index contributed by atoms with van der Waals surface area (Å²) in [5, 5.41) is 0. The third kappa shape index (κ3) is 49.6. The Morgan fingerprint density at radius 3 is 1.33 bits per heavy atom. The molecule has 1 rings (SSSR count). The van der Waals surface area contributed by atoms with Gasteiger partial charge in [-0.25, -0.2) is 0 Å². The Labute approximate surface area is 147 Å². The Bertz CT molecular complexity index is 423. The molecule has 0 aliphatic heterocycles. The second kappa shape index (κ2) is 13.5. The minimum absolute atomic E-state index is 0. The maximum Gasteiger partial charge on any atom is 0 e. The molecule has 0 N–H and O–H groups in total. The first-order chi connectivity index (χ1) is 10.1. The van der Waals surface area contributed by atoms with Gasteiger partial charge in [0.1, 0.15) is 0 Å². The molecule has 0 atom stereocenters. The molecule has 0 saturated heterocycles. The van der Waals surface area contributed by atoms with Crippen molar-refractivity contribution in [3.63, 3.8) is 0 Å². The average molecular weight is 420 g/mol. The summed E-state index contributed by atoms with van der Waals surface area (Å²) >= 11 is 0. The number of hydrogen-bond donors (Lipinski definition) is 0. The van der Waals surface area contributed by atoms with Crippen molar-refractivity contribution < 1.29 is 56.2 Å². The van der Waals surface area contributed by atoms with Crippen molar-refractivity contribution in [2.24, 2.45) is 5.92 Å². The van der Waals surface area contributed by atoms with E-state index in [1.807, 2.05) is 0 Å². The van der Waals surface area contributed by atoms with Crippen LogP contribution in [0.4, 0.5) is 25.2 Å². The summed E-state index contributed by atoms with van der Waals surface area (Å²) < 4.78 is 81.7. The van der Waals surface area contributed by atoms with Crippen molar-refractivity contribution >= 4 is 7.81 Å².